The maximum atomic E-state index is 12.1. The van der Waals surface area contributed by atoms with Crippen molar-refractivity contribution in [3.8, 4) is 0 Å². The molecule has 0 saturated carbocycles. The molecule has 0 atom stereocenters. The Morgan fingerprint density at radius 1 is 1.42 bits per heavy atom. The molecular weight excluding hydrogens is 242 g/mol. The van der Waals surface area contributed by atoms with Gasteiger partial charge in [0.2, 0.25) is 0 Å². The summed E-state index contributed by atoms with van der Waals surface area (Å²) in [5.41, 5.74) is 8.10. The van der Waals surface area contributed by atoms with Gasteiger partial charge in [-0.15, -0.1) is 0 Å². The number of pyridine rings is 1. The molecule has 0 fully saturated rings. The van der Waals surface area contributed by atoms with Gasteiger partial charge in [0.25, 0.3) is 5.91 Å². The lowest BCUT2D eigenvalue weighted by Crippen LogP contribution is -2.15. The molecule has 19 heavy (non-hydrogen) atoms. The van der Waals surface area contributed by atoms with Crippen molar-refractivity contribution in [1.82, 2.24) is 15.2 Å². The number of rotatable bonds is 3. The van der Waals surface area contributed by atoms with Gasteiger partial charge < -0.3 is 11.1 Å². The molecule has 2 heterocycles. The number of hydrogen-bond acceptors (Lipinski definition) is 4. The first-order valence-corrected chi connectivity index (χ1v) is 6.07. The molecule has 0 aliphatic rings. The molecule has 0 aromatic carbocycles. The fourth-order valence-corrected chi connectivity index (χ4v) is 1.77. The van der Waals surface area contributed by atoms with Crippen LogP contribution in [0.4, 0.5) is 11.5 Å². The first-order chi connectivity index (χ1) is 8.99. The maximum absolute atomic E-state index is 12.1. The van der Waals surface area contributed by atoms with Crippen LogP contribution in [0.1, 0.15) is 41.6 Å². The van der Waals surface area contributed by atoms with Crippen molar-refractivity contribution in [3.05, 3.63) is 35.3 Å². The minimum Gasteiger partial charge on any atom is -0.395 e. The largest absolute Gasteiger partial charge is 0.395 e. The van der Waals surface area contributed by atoms with Gasteiger partial charge >= 0.3 is 0 Å². The molecule has 2 aromatic rings. The lowest BCUT2D eigenvalue weighted by atomic mass is 10.1. The number of H-pyrrole nitrogens is 1. The van der Waals surface area contributed by atoms with Gasteiger partial charge in [-0.25, -0.2) is 4.98 Å². The van der Waals surface area contributed by atoms with Crippen LogP contribution in [0.25, 0.3) is 0 Å². The number of nitrogen functional groups attached to an aromatic ring is 1. The molecule has 0 bridgehead atoms. The average Bonchev–Trinajstić information content (AvgIpc) is 2.71. The fraction of sp³-hybridized carbons (Fsp3) is 0.308. The Morgan fingerprint density at radius 2 is 2.16 bits per heavy atom. The number of anilines is 2. The van der Waals surface area contributed by atoms with E-state index in [2.05, 4.69) is 20.5 Å². The molecular formula is C13H17N5O. The zero-order valence-corrected chi connectivity index (χ0v) is 11.2. The number of hydrogen-bond donors (Lipinski definition) is 3. The predicted octanol–water partition coefficient (Wildman–Crippen LogP) is 2.07. The highest BCUT2D eigenvalue weighted by atomic mass is 16.2. The normalized spacial score (nSPS) is 10.7. The van der Waals surface area contributed by atoms with Crippen molar-refractivity contribution in [1.29, 1.82) is 0 Å². The van der Waals surface area contributed by atoms with E-state index in [0.717, 1.165) is 11.4 Å². The Morgan fingerprint density at radius 3 is 2.74 bits per heavy atom. The number of nitrogens with one attached hydrogen (secondary N) is 2. The van der Waals surface area contributed by atoms with E-state index in [0.29, 0.717) is 11.5 Å². The lowest BCUT2D eigenvalue weighted by molar-refractivity contribution is 0.102. The molecule has 0 radical (unpaired) electrons. The molecule has 0 unspecified atom stereocenters. The summed E-state index contributed by atoms with van der Waals surface area (Å²) >= 11 is 0. The van der Waals surface area contributed by atoms with Crippen LogP contribution in [0, 0.1) is 6.92 Å². The monoisotopic (exact) mass is 259 g/mol. The minimum atomic E-state index is -0.362. The number of aryl methyl sites for hydroxylation is 1. The number of carbonyl (C=O) groups excluding carboxylic acids is 1. The summed E-state index contributed by atoms with van der Waals surface area (Å²) < 4.78 is 0. The number of amides is 1. The van der Waals surface area contributed by atoms with Crippen LogP contribution in [0.5, 0.6) is 0 Å². The molecule has 0 aliphatic heterocycles. The van der Waals surface area contributed by atoms with E-state index in [-0.39, 0.29) is 17.5 Å². The summed E-state index contributed by atoms with van der Waals surface area (Å²) in [6.45, 7) is 5.82. The van der Waals surface area contributed by atoms with E-state index >= 15 is 0 Å². The van der Waals surface area contributed by atoms with Crippen molar-refractivity contribution < 1.29 is 4.79 Å². The molecule has 6 heteroatoms. The van der Waals surface area contributed by atoms with Gasteiger partial charge in [-0.3, -0.25) is 9.89 Å². The third-order valence-electron chi connectivity index (χ3n) is 2.76. The molecule has 1 amide bonds. The van der Waals surface area contributed by atoms with Gasteiger partial charge in [-0.1, -0.05) is 19.9 Å². The molecule has 2 aromatic heterocycles. The highest BCUT2D eigenvalue weighted by molar-refractivity contribution is 6.06. The first kappa shape index (κ1) is 13.1. The average molecular weight is 259 g/mol. The van der Waals surface area contributed by atoms with Crippen LogP contribution in [-0.2, 0) is 0 Å². The van der Waals surface area contributed by atoms with E-state index in [1.165, 1.54) is 0 Å². The fourth-order valence-electron chi connectivity index (χ4n) is 1.77. The predicted molar refractivity (Wildman–Crippen MR) is 74.0 cm³/mol. The van der Waals surface area contributed by atoms with Gasteiger partial charge in [0.1, 0.15) is 5.82 Å². The molecule has 0 aliphatic carbocycles. The molecule has 0 spiro atoms. The van der Waals surface area contributed by atoms with Gasteiger partial charge in [-0.2, -0.15) is 5.10 Å². The number of nitrogens with zero attached hydrogens (tertiary/aromatic N) is 2. The van der Waals surface area contributed by atoms with E-state index in [1.807, 2.05) is 32.9 Å². The first-order valence-electron chi connectivity index (χ1n) is 6.07. The van der Waals surface area contributed by atoms with Crippen molar-refractivity contribution in [2.75, 3.05) is 11.1 Å². The second-order valence-electron chi connectivity index (χ2n) is 4.67. The van der Waals surface area contributed by atoms with Crippen LogP contribution >= 0.6 is 0 Å². The van der Waals surface area contributed by atoms with Crippen molar-refractivity contribution in [3.63, 3.8) is 0 Å². The van der Waals surface area contributed by atoms with Crippen molar-refractivity contribution in [2.24, 2.45) is 0 Å². The number of aromatic amines is 1. The highest BCUT2D eigenvalue weighted by Gasteiger charge is 2.19. The van der Waals surface area contributed by atoms with Crippen molar-refractivity contribution in [2.45, 2.75) is 26.7 Å². The Labute approximate surface area is 111 Å². The second-order valence-corrected chi connectivity index (χ2v) is 4.67. The van der Waals surface area contributed by atoms with E-state index in [4.69, 9.17) is 5.73 Å². The third kappa shape index (κ3) is 2.73. The standard InChI is InChI=1S/C13H17N5O/c1-7(2)11-10(14)12(18-17-11)13(19)16-9-6-4-5-8(3)15-9/h4-7H,14H2,1-3H3,(H,17,18)(H,15,16,19). The SMILES string of the molecule is Cc1cccc(NC(=O)c2n[nH]c(C(C)C)c2N)n1. The zero-order chi connectivity index (χ0) is 14.0. The Bertz CT molecular complexity index is 603. The van der Waals surface area contributed by atoms with Gasteiger partial charge in [-0.05, 0) is 25.0 Å². The Balaban J connectivity index is 2.21. The van der Waals surface area contributed by atoms with E-state index in [9.17, 15) is 4.79 Å². The molecule has 100 valence electrons. The molecule has 2 rings (SSSR count). The Hall–Kier alpha value is -2.37. The van der Waals surface area contributed by atoms with Gasteiger partial charge in [0.15, 0.2) is 5.69 Å². The number of aromatic nitrogens is 3. The van der Waals surface area contributed by atoms with E-state index < -0.39 is 0 Å². The second kappa shape index (κ2) is 5.09. The van der Waals surface area contributed by atoms with Crippen molar-refractivity contribution >= 4 is 17.4 Å². The lowest BCUT2D eigenvalue weighted by Gasteiger charge is -2.05. The van der Waals surface area contributed by atoms with Crippen LogP contribution < -0.4 is 11.1 Å². The summed E-state index contributed by atoms with van der Waals surface area (Å²) in [4.78, 5) is 16.3. The highest BCUT2D eigenvalue weighted by Crippen LogP contribution is 2.22. The van der Waals surface area contributed by atoms with Crippen LogP contribution in [0.3, 0.4) is 0 Å². The summed E-state index contributed by atoms with van der Waals surface area (Å²) in [6, 6.07) is 5.40. The third-order valence-corrected chi connectivity index (χ3v) is 2.76. The minimum absolute atomic E-state index is 0.186. The summed E-state index contributed by atoms with van der Waals surface area (Å²) in [5, 5.41) is 9.44. The molecule has 6 nitrogen and oxygen atoms in total. The van der Waals surface area contributed by atoms with Gasteiger partial charge in [0, 0.05) is 5.69 Å². The summed E-state index contributed by atoms with van der Waals surface area (Å²) in [5.74, 6) is 0.309. The summed E-state index contributed by atoms with van der Waals surface area (Å²) in [7, 11) is 0. The number of carbonyl (C=O) groups is 1. The van der Waals surface area contributed by atoms with Crippen LogP contribution in [-0.4, -0.2) is 21.1 Å². The number of nitrogens with two attached hydrogens (primary N) is 1. The molecule has 4 N–H and O–H groups in total. The molecule has 0 saturated heterocycles. The quantitative estimate of drug-likeness (QED) is 0.786. The van der Waals surface area contributed by atoms with Crippen LogP contribution in [0.15, 0.2) is 18.2 Å². The van der Waals surface area contributed by atoms with Gasteiger partial charge in [0.05, 0.1) is 11.4 Å². The van der Waals surface area contributed by atoms with E-state index in [1.54, 1.807) is 6.07 Å². The van der Waals surface area contributed by atoms with Crippen LogP contribution in [0.2, 0.25) is 0 Å². The Kier molecular flexibility index (Phi) is 3.50. The summed E-state index contributed by atoms with van der Waals surface area (Å²) in [6.07, 6.45) is 0. The maximum Gasteiger partial charge on any atom is 0.279 e. The smallest absolute Gasteiger partial charge is 0.279 e. The topological polar surface area (TPSA) is 96.7 Å². The zero-order valence-electron chi connectivity index (χ0n) is 11.2.